The number of benzene rings is 1. The third kappa shape index (κ3) is 3.54. The second-order valence-electron chi connectivity index (χ2n) is 8.90. The third-order valence-electron chi connectivity index (χ3n) is 6.58. The van der Waals surface area contributed by atoms with Gasteiger partial charge in [-0.2, -0.15) is 5.10 Å². The second-order valence-corrected chi connectivity index (χ2v) is 8.90. The lowest BCUT2D eigenvalue weighted by molar-refractivity contribution is 0.0966. The highest BCUT2D eigenvalue weighted by Crippen LogP contribution is 2.36. The van der Waals surface area contributed by atoms with Crippen LogP contribution in [0.1, 0.15) is 34.3 Å². The molecule has 6 rings (SSSR count). The molecule has 1 aromatic carbocycles. The monoisotopic (exact) mass is 455 g/mol. The molecule has 2 aliphatic rings. The van der Waals surface area contributed by atoms with E-state index in [2.05, 4.69) is 30.6 Å². The van der Waals surface area contributed by atoms with E-state index in [-0.39, 0.29) is 12.0 Å². The summed E-state index contributed by atoms with van der Waals surface area (Å²) in [4.78, 5) is 24.1. The van der Waals surface area contributed by atoms with Gasteiger partial charge in [-0.05, 0) is 54.7 Å². The lowest BCUT2D eigenvalue weighted by Crippen LogP contribution is -2.35. The van der Waals surface area contributed by atoms with Crippen LogP contribution in [0, 0.1) is 6.92 Å². The van der Waals surface area contributed by atoms with Crippen LogP contribution in [0.15, 0.2) is 49.1 Å². The molecule has 2 aliphatic heterocycles. The summed E-state index contributed by atoms with van der Waals surface area (Å²) in [6, 6.07) is 7.87. The van der Waals surface area contributed by atoms with Crippen LogP contribution in [0.25, 0.3) is 16.8 Å². The Kier molecular flexibility index (Phi) is 4.91. The summed E-state index contributed by atoms with van der Waals surface area (Å²) in [6.45, 7) is 4.08. The topological polar surface area (TPSA) is 108 Å². The van der Waals surface area contributed by atoms with Crippen molar-refractivity contribution in [1.82, 2.24) is 24.9 Å². The highest BCUT2D eigenvalue weighted by Gasteiger charge is 2.27. The van der Waals surface area contributed by atoms with Crippen LogP contribution in [-0.2, 0) is 6.54 Å². The Balaban J connectivity index is 1.31. The number of amides is 1. The van der Waals surface area contributed by atoms with Gasteiger partial charge in [-0.1, -0.05) is 6.07 Å². The summed E-state index contributed by atoms with van der Waals surface area (Å²) >= 11 is 0. The Morgan fingerprint density at radius 2 is 1.91 bits per heavy atom. The smallest absolute Gasteiger partial charge is 0.254 e. The van der Waals surface area contributed by atoms with Gasteiger partial charge in [-0.3, -0.25) is 4.79 Å². The molecule has 0 spiro atoms. The van der Waals surface area contributed by atoms with Crippen molar-refractivity contribution in [1.29, 1.82) is 0 Å². The molecule has 3 aromatic heterocycles. The fourth-order valence-corrected chi connectivity index (χ4v) is 4.77. The summed E-state index contributed by atoms with van der Waals surface area (Å²) in [5.74, 6) is 0.562. The maximum atomic E-state index is 12.8. The number of aliphatic hydroxyl groups excluding tert-OH is 1. The predicted octanol–water partition coefficient (Wildman–Crippen LogP) is 3.05. The minimum Gasteiger partial charge on any atom is -0.393 e. The van der Waals surface area contributed by atoms with Crippen LogP contribution >= 0.6 is 0 Å². The highest BCUT2D eigenvalue weighted by molar-refractivity contribution is 6.06. The van der Waals surface area contributed by atoms with Crippen LogP contribution in [0.3, 0.4) is 0 Å². The lowest BCUT2D eigenvalue weighted by atomic mass is 9.97. The van der Waals surface area contributed by atoms with Gasteiger partial charge in [0.05, 0.1) is 35.4 Å². The number of hydrogen-bond donors (Lipinski definition) is 3. The van der Waals surface area contributed by atoms with Gasteiger partial charge in [-0.25, -0.2) is 14.5 Å². The molecule has 0 atom stereocenters. The van der Waals surface area contributed by atoms with Crippen LogP contribution in [0.5, 0.6) is 0 Å². The van der Waals surface area contributed by atoms with E-state index >= 15 is 0 Å². The molecular weight excluding hydrogens is 430 g/mol. The van der Waals surface area contributed by atoms with Crippen molar-refractivity contribution in [3.05, 3.63) is 65.7 Å². The first kappa shape index (κ1) is 20.6. The summed E-state index contributed by atoms with van der Waals surface area (Å²) in [7, 11) is 0. The number of rotatable bonds is 4. The molecular formula is C25H25N7O2. The number of carbonyl (C=O) groups excluding carboxylic acids is 1. The molecule has 9 nitrogen and oxygen atoms in total. The molecule has 0 saturated carbocycles. The number of aliphatic hydroxyl groups is 1. The molecule has 0 radical (unpaired) electrons. The lowest BCUT2D eigenvalue weighted by Gasteiger charge is -2.31. The first-order valence-electron chi connectivity index (χ1n) is 11.5. The van der Waals surface area contributed by atoms with Crippen molar-refractivity contribution in [3.8, 4) is 11.1 Å². The van der Waals surface area contributed by atoms with E-state index in [9.17, 15) is 9.90 Å². The van der Waals surface area contributed by atoms with Crippen molar-refractivity contribution < 1.29 is 9.90 Å². The number of hydrogen-bond acceptors (Lipinski definition) is 7. The van der Waals surface area contributed by atoms with Gasteiger partial charge in [0.2, 0.25) is 0 Å². The van der Waals surface area contributed by atoms with Crippen molar-refractivity contribution in [2.45, 2.75) is 32.4 Å². The zero-order valence-electron chi connectivity index (χ0n) is 18.8. The maximum absolute atomic E-state index is 12.8. The van der Waals surface area contributed by atoms with E-state index in [4.69, 9.17) is 0 Å². The van der Waals surface area contributed by atoms with E-state index < -0.39 is 0 Å². The van der Waals surface area contributed by atoms with Gasteiger partial charge in [0.1, 0.15) is 5.82 Å². The number of aryl methyl sites for hydroxylation is 1. The Bertz CT molecular complexity index is 1390. The molecule has 34 heavy (non-hydrogen) atoms. The SMILES string of the molecule is Cc1cnc2c(-c3ccc(Nc4ccc(N5CCC(O)CC5)cn4)c4c3CNC4=O)cnn2c1. The number of nitrogens with zero attached hydrogens (tertiary/aromatic N) is 5. The zero-order valence-corrected chi connectivity index (χ0v) is 18.8. The molecule has 0 unspecified atom stereocenters. The number of fused-ring (bicyclic) bond motifs is 2. The van der Waals surface area contributed by atoms with Crippen molar-refractivity contribution in [2.24, 2.45) is 0 Å². The van der Waals surface area contributed by atoms with Gasteiger partial charge in [-0.15, -0.1) is 0 Å². The summed E-state index contributed by atoms with van der Waals surface area (Å²) in [5, 5.41) is 20.5. The summed E-state index contributed by atoms with van der Waals surface area (Å²) < 4.78 is 1.77. The number of nitrogens with one attached hydrogen (secondary N) is 2. The quantitative estimate of drug-likeness (QED) is 0.434. The Morgan fingerprint density at radius 1 is 1.06 bits per heavy atom. The minimum atomic E-state index is -0.206. The van der Waals surface area contributed by atoms with Crippen LogP contribution in [0.4, 0.5) is 17.2 Å². The standard InChI is InChI=1S/C25H25N7O2/c1-15-10-27-24-20(13-29-32(24)14-15)18-3-4-21(23-19(18)12-28-25(23)34)30-22-5-2-16(11-26-22)31-8-6-17(33)7-9-31/h2-5,10-11,13-14,17,33H,6-9,12H2,1H3,(H,26,30)(H,28,34). The normalized spacial score (nSPS) is 16.1. The predicted molar refractivity (Wildman–Crippen MR) is 129 cm³/mol. The van der Waals surface area contributed by atoms with Crippen LogP contribution < -0.4 is 15.5 Å². The molecule has 1 saturated heterocycles. The fourth-order valence-electron chi connectivity index (χ4n) is 4.77. The molecule has 5 heterocycles. The van der Waals surface area contributed by atoms with E-state index in [0.29, 0.717) is 17.9 Å². The number of piperidine rings is 1. The minimum absolute atomic E-state index is 0.108. The first-order valence-corrected chi connectivity index (χ1v) is 11.5. The molecule has 172 valence electrons. The van der Waals surface area contributed by atoms with E-state index in [1.807, 2.05) is 49.8 Å². The van der Waals surface area contributed by atoms with Crippen molar-refractivity contribution in [2.75, 3.05) is 23.3 Å². The Hall–Kier alpha value is -3.98. The average Bonchev–Trinajstić information content (AvgIpc) is 3.44. The largest absolute Gasteiger partial charge is 0.393 e. The summed E-state index contributed by atoms with van der Waals surface area (Å²) in [5.41, 5.74) is 6.93. The Morgan fingerprint density at radius 3 is 2.71 bits per heavy atom. The average molecular weight is 456 g/mol. The maximum Gasteiger partial charge on any atom is 0.254 e. The molecule has 0 bridgehead atoms. The molecule has 9 heteroatoms. The molecule has 4 aromatic rings. The molecule has 3 N–H and O–H groups in total. The molecule has 1 amide bonds. The van der Waals surface area contributed by atoms with Gasteiger partial charge < -0.3 is 20.6 Å². The number of anilines is 3. The van der Waals surface area contributed by atoms with Crippen LogP contribution in [0.2, 0.25) is 0 Å². The fraction of sp³-hybridized carbons (Fsp3) is 0.280. The van der Waals surface area contributed by atoms with E-state index in [1.54, 1.807) is 10.7 Å². The van der Waals surface area contributed by atoms with E-state index in [0.717, 1.165) is 65.2 Å². The summed E-state index contributed by atoms with van der Waals surface area (Å²) in [6.07, 6.45) is 8.73. The second kappa shape index (κ2) is 8.11. The van der Waals surface area contributed by atoms with Crippen molar-refractivity contribution in [3.63, 3.8) is 0 Å². The van der Waals surface area contributed by atoms with Gasteiger partial charge >= 0.3 is 0 Å². The van der Waals surface area contributed by atoms with Gasteiger partial charge in [0.15, 0.2) is 5.65 Å². The van der Waals surface area contributed by atoms with Gasteiger partial charge in [0.25, 0.3) is 5.91 Å². The number of aromatic nitrogens is 4. The number of pyridine rings is 1. The molecule has 0 aliphatic carbocycles. The highest BCUT2D eigenvalue weighted by atomic mass is 16.3. The Labute approximate surface area is 196 Å². The molecule has 1 fully saturated rings. The van der Waals surface area contributed by atoms with Crippen molar-refractivity contribution >= 4 is 28.7 Å². The number of carbonyl (C=O) groups is 1. The third-order valence-corrected chi connectivity index (χ3v) is 6.58. The zero-order chi connectivity index (χ0) is 23.2. The van der Waals surface area contributed by atoms with Crippen LogP contribution in [-0.4, -0.2) is 49.8 Å². The van der Waals surface area contributed by atoms with E-state index in [1.165, 1.54) is 0 Å². The first-order chi connectivity index (χ1) is 16.6. The van der Waals surface area contributed by atoms with Gasteiger partial charge in [0, 0.05) is 37.6 Å².